The Morgan fingerprint density at radius 3 is 2.52 bits per heavy atom. The fourth-order valence-electron chi connectivity index (χ4n) is 1.84. The van der Waals surface area contributed by atoms with Gasteiger partial charge in [-0.3, -0.25) is 0 Å². The Kier molecular flexibility index (Phi) is 5.12. The zero-order valence-corrected chi connectivity index (χ0v) is 11.4. The number of hydrogen-bond acceptors (Lipinski definition) is 3. The van der Waals surface area contributed by atoms with Gasteiger partial charge >= 0.3 is 5.97 Å². The number of benzene rings is 2. The average molecular weight is 284 g/mol. The van der Waals surface area contributed by atoms with E-state index in [1.807, 2.05) is 24.3 Å². The Labute approximate surface area is 122 Å². The first-order chi connectivity index (χ1) is 10.2. The Bertz CT molecular complexity index is 629. The molecule has 2 aromatic carbocycles. The van der Waals surface area contributed by atoms with E-state index in [9.17, 15) is 4.79 Å². The molecule has 0 unspecified atom stereocenters. The van der Waals surface area contributed by atoms with E-state index in [1.165, 1.54) is 6.08 Å². The molecule has 0 amide bonds. The van der Waals surface area contributed by atoms with Crippen LogP contribution >= 0.6 is 0 Å². The minimum atomic E-state index is -0.985. The average Bonchev–Trinajstić information content (AvgIpc) is 2.48. The van der Waals surface area contributed by atoms with Gasteiger partial charge in [0.2, 0.25) is 0 Å². The molecular weight excluding hydrogens is 268 g/mol. The molecule has 0 aliphatic carbocycles. The summed E-state index contributed by atoms with van der Waals surface area (Å²) >= 11 is 0. The van der Waals surface area contributed by atoms with Gasteiger partial charge in [-0.2, -0.15) is 0 Å². The van der Waals surface area contributed by atoms with Crippen LogP contribution in [0, 0.1) is 0 Å². The summed E-state index contributed by atoms with van der Waals surface area (Å²) in [5, 5.41) is 17.5. The van der Waals surface area contributed by atoms with Crippen LogP contribution in [0.3, 0.4) is 0 Å². The minimum absolute atomic E-state index is 0.123. The molecule has 0 aliphatic heterocycles. The maximum absolute atomic E-state index is 10.5. The summed E-state index contributed by atoms with van der Waals surface area (Å²) in [5.74, 6) is 0.342. The SMILES string of the molecule is O=C(O)/C=C/c1cccc(Oc2ccc(CCO)cc2)c1. The molecule has 0 saturated carbocycles. The van der Waals surface area contributed by atoms with Crippen LogP contribution in [0.2, 0.25) is 0 Å². The molecule has 0 radical (unpaired) electrons. The second-order valence-electron chi connectivity index (χ2n) is 4.46. The fraction of sp³-hybridized carbons (Fsp3) is 0.118. The third kappa shape index (κ3) is 4.78. The first kappa shape index (κ1) is 14.8. The molecule has 108 valence electrons. The van der Waals surface area contributed by atoms with Crippen molar-refractivity contribution in [2.75, 3.05) is 6.61 Å². The van der Waals surface area contributed by atoms with Gasteiger partial charge in [0, 0.05) is 12.7 Å². The van der Waals surface area contributed by atoms with Gasteiger partial charge in [0.25, 0.3) is 0 Å². The lowest BCUT2D eigenvalue weighted by molar-refractivity contribution is -0.131. The molecule has 0 bridgehead atoms. The molecule has 2 aromatic rings. The number of hydrogen-bond donors (Lipinski definition) is 2. The van der Waals surface area contributed by atoms with Gasteiger partial charge in [0.05, 0.1) is 0 Å². The van der Waals surface area contributed by atoms with Gasteiger partial charge in [0.15, 0.2) is 0 Å². The summed E-state index contributed by atoms with van der Waals surface area (Å²) < 4.78 is 5.72. The number of carbonyl (C=O) groups is 1. The summed E-state index contributed by atoms with van der Waals surface area (Å²) in [7, 11) is 0. The van der Waals surface area contributed by atoms with Crippen molar-refractivity contribution in [1.29, 1.82) is 0 Å². The van der Waals surface area contributed by atoms with Crippen molar-refractivity contribution in [2.45, 2.75) is 6.42 Å². The topological polar surface area (TPSA) is 66.8 Å². The standard InChI is InChI=1S/C17H16O4/c18-11-10-13-4-7-15(8-5-13)21-16-3-1-2-14(12-16)6-9-17(19)20/h1-9,12,18H,10-11H2,(H,19,20)/b9-6+. The lowest BCUT2D eigenvalue weighted by Gasteiger charge is -2.07. The molecule has 0 atom stereocenters. The van der Waals surface area contributed by atoms with Crippen LogP contribution in [0.4, 0.5) is 0 Å². The molecule has 4 nitrogen and oxygen atoms in total. The monoisotopic (exact) mass is 284 g/mol. The largest absolute Gasteiger partial charge is 0.478 e. The molecule has 0 saturated heterocycles. The van der Waals surface area contributed by atoms with Gasteiger partial charge in [-0.25, -0.2) is 4.79 Å². The smallest absolute Gasteiger partial charge is 0.328 e. The first-order valence-electron chi connectivity index (χ1n) is 6.56. The number of aliphatic hydroxyl groups excluding tert-OH is 1. The van der Waals surface area contributed by atoms with Crippen LogP contribution in [0.1, 0.15) is 11.1 Å². The molecule has 4 heteroatoms. The van der Waals surface area contributed by atoms with Gasteiger partial charge in [-0.15, -0.1) is 0 Å². The van der Waals surface area contributed by atoms with E-state index in [4.69, 9.17) is 14.9 Å². The van der Waals surface area contributed by atoms with Gasteiger partial charge in [-0.1, -0.05) is 24.3 Å². The highest BCUT2D eigenvalue weighted by Gasteiger charge is 1.99. The summed E-state index contributed by atoms with van der Waals surface area (Å²) in [6, 6.07) is 14.7. The fourth-order valence-corrected chi connectivity index (χ4v) is 1.84. The summed E-state index contributed by atoms with van der Waals surface area (Å²) in [5.41, 5.74) is 1.80. The van der Waals surface area contributed by atoms with Crippen molar-refractivity contribution in [3.63, 3.8) is 0 Å². The van der Waals surface area contributed by atoms with E-state index in [2.05, 4.69) is 0 Å². The summed E-state index contributed by atoms with van der Waals surface area (Å²) in [4.78, 5) is 10.5. The van der Waals surface area contributed by atoms with Crippen molar-refractivity contribution < 1.29 is 19.7 Å². The molecule has 0 heterocycles. The first-order valence-corrected chi connectivity index (χ1v) is 6.56. The lowest BCUT2D eigenvalue weighted by atomic mass is 10.1. The highest BCUT2D eigenvalue weighted by Crippen LogP contribution is 2.23. The Morgan fingerprint density at radius 1 is 1.10 bits per heavy atom. The van der Waals surface area contributed by atoms with Crippen LogP contribution < -0.4 is 4.74 Å². The normalized spacial score (nSPS) is 10.7. The van der Waals surface area contributed by atoms with E-state index in [0.717, 1.165) is 17.2 Å². The van der Waals surface area contributed by atoms with Crippen molar-refractivity contribution >= 4 is 12.0 Å². The Morgan fingerprint density at radius 2 is 1.86 bits per heavy atom. The molecule has 21 heavy (non-hydrogen) atoms. The number of carboxylic acids is 1. The Hall–Kier alpha value is -2.59. The van der Waals surface area contributed by atoms with Crippen LogP contribution in [-0.4, -0.2) is 22.8 Å². The number of aliphatic hydroxyl groups is 1. The van der Waals surface area contributed by atoms with E-state index in [-0.39, 0.29) is 6.61 Å². The molecular formula is C17H16O4. The molecule has 0 aromatic heterocycles. The minimum Gasteiger partial charge on any atom is -0.478 e. The van der Waals surface area contributed by atoms with Gasteiger partial charge < -0.3 is 14.9 Å². The van der Waals surface area contributed by atoms with Crippen LogP contribution in [0.15, 0.2) is 54.6 Å². The quantitative estimate of drug-likeness (QED) is 0.800. The highest BCUT2D eigenvalue weighted by molar-refractivity contribution is 5.85. The predicted octanol–water partition coefficient (Wildman–Crippen LogP) is 3.11. The number of ether oxygens (including phenoxy) is 1. The molecule has 2 rings (SSSR count). The van der Waals surface area contributed by atoms with Crippen molar-refractivity contribution in [3.05, 3.63) is 65.7 Å². The van der Waals surface area contributed by atoms with Crippen molar-refractivity contribution in [2.24, 2.45) is 0 Å². The van der Waals surface area contributed by atoms with E-state index in [0.29, 0.717) is 17.9 Å². The maximum atomic E-state index is 10.5. The highest BCUT2D eigenvalue weighted by atomic mass is 16.5. The number of aliphatic carboxylic acids is 1. The predicted molar refractivity (Wildman–Crippen MR) is 80.4 cm³/mol. The van der Waals surface area contributed by atoms with Crippen LogP contribution in [0.5, 0.6) is 11.5 Å². The van der Waals surface area contributed by atoms with E-state index in [1.54, 1.807) is 24.3 Å². The zero-order valence-electron chi connectivity index (χ0n) is 11.4. The lowest BCUT2D eigenvalue weighted by Crippen LogP contribution is -1.91. The van der Waals surface area contributed by atoms with Gasteiger partial charge in [-0.05, 0) is 47.9 Å². The summed E-state index contributed by atoms with van der Waals surface area (Å²) in [6.45, 7) is 0.123. The summed E-state index contributed by atoms with van der Waals surface area (Å²) in [6.07, 6.45) is 3.22. The molecule has 0 spiro atoms. The maximum Gasteiger partial charge on any atom is 0.328 e. The van der Waals surface area contributed by atoms with Crippen LogP contribution in [0.25, 0.3) is 6.08 Å². The van der Waals surface area contributed by atoms with Gasteiger partial charge in [0.1, 0.15) is 11.5 Å². The second kappa shape index (κ2) is 7.26. The van der Waals surface area contributed by atoms with Crippen molar-refractivity contribution in [3.8, 4) is 11.5 Å². The third-order valence-corrected chi connectivity index (χ3v) is 2.84. The molecule has 0 aliphatic rings. The second-order valence-corrected chi connectivity index (χ2v) is 4.46. The molecule has 0 fully saturated rings. The van der Waals surface area contributed by atoms with Crippen molar-refractivity contribution in [1.82, 2.24) is 0 Å². The number of carboxylic acid groups (broad SMARTS) is 1. The third-order valence-electron chi connectivity index (χ3n) is 2.84. The van der Waals surface area contributed by atoms with E-state index >= 15 is 0 Å². The molecule has 2 N–H and O–H groups in total. The zero-order chi connectivity index (χ0) is 15.1. The van der Waals surface area contributed by atoms with Crippen LogP contribution in [-0.2, 0) is 11.2 Å². The van der Waals surface area contributed by atoms with E-state index < -0.39 is 5.97 Å². The Balaban J connectivity index is 2.08. The number of rotatable bonds is 6.